The van der Waals surface area contributed by atoms with Gasteiger partial charge in [0, 0.05) is 17.7 Å². The average molecular weight is 325 g/mol. The molecule has 0 spiro atoms. The average Bonchev–Trinajstić information content (AvgIpc) is 2.60. The molecule has 0 aliphatic carbocycles. The van der Waals surface area contributed by atoms with E-state index in [1.807, 2.05) is 18.2 Å². The second kappa shape index (κ2) is 7.17. The van der Waals surface area contributed by atoms with Gasteiger partial charge >= 0.3 is 0 Å². The van der Waals surface area contributed by atoms with E-state index in [0.29, 0.717) is 37.3 Å². The third-order valence-electron chi connectivity index (χ3n) is 3.80. The van der Waals surface area contributed by atoms with Gasteiger partial charge in [0.25, 0.3) is 0 Å². The van der Waals surface area contributed by atoms with Crippen molar-refractivity contribution in [2.75, 3.05) is 18.5 Å². The van der Waals surface area contributed by atoms with Gasteiger partial charge in [-0.25, -0.2) is 0 Å². The molecule has 0 aromatic heterocycles. The second-order valence-corrected chi connectivity index (χ2v) is 5.66. The third kappa shape index (κ3) is 3.93. The van der Waals surface area contributed by atoms with Crippen LogP contribution in [-0.4, -0.2) is 24.9 Å². The van der Waals surface area contributed by atoms with E-state index >= 15 is 0 Å². The number of carbonyl (C=O) groups excluding carboxylic acids is 2. The monoisotopic (exact) mass is 325 g/mol. The lowest BCUT2D eigenvalue weighted by molar-refractivity contribution is -0.116. The summed E-state index contributed by atoms with van der Waals surface area (Å²) in [6, 6.07) is 12.7. The molecule has 2 aromatic rings. The zero-order valence-corrected chi connectivity index (χ0v) is 13.5. The van der Waals surface area contributed by atoms with Crippen LogP contribution in [0.25, 0.3) is 0 Å². The van der Waals surface area contributed by atoms with Crippen molar-refractivity contribution in [2.24, 2.45) is 0 Å². The molecule has 1 aliphatic rings. The van der Waals surface area contributed by atoms with E-state index in [0.717, 1.165) is 17.1 Å². The quantitative estimate of drug-likeness (QED) is 0.857. The van der Waals surface area contributed by atoms with Crippen LogP contribution in [0, 0.1) is 0 Å². The first-order valence-corrected chi connectivity index (χ1v) is 7.91. The van der Waals surface area contributed by atoms with Crippen LogP contribution in [-0.2, 0) is 11.2 Å². The highest BCUT2D eigenvalue weighted by molar-refractivity contribution is 5.97. The summed E-state index contributed by atoms with van der Waals surface area (Å²) >= 11 is 0. The number of hydrogen-bond acceptors (Lipinski definition) is 4. The molecule has 1 heterocycles. The molecule has 0 saturated carbocycles. The number of aryl methyl sites for hydroxylation is 1. The summed E-state index contributed by atoms with van der Waals surface area (Å²) < 4.78 is 11.0. The molecule has 0 saturated heterocycles. The number of rotatable bonds is 5. The fourth-order valence-corrected chi connectivity index (χ4v) is 2.54. The van der Waals surface area contributed by atoms with Gasteiger partial charge in [-0.1, -0.05) is 18.2 Å². The first-order chi connectivity index (χ1) is 11.6. The van der Waals surface area contributed by atoms with Gasteiger partial charge in [-0.3, -0.25) is 9.59 Å². The van der Waals surface area contributed by atoms with Crippen molar-refractivity contribution in [3.63, 3.8) is 0 Å². The molecule has 3 rings (SSSR count). The smallest absolute Gasteiger partial charge is 0.224 e. The highest BCUT2D eigenvalue weighted by Gasteiger charge is 2.12. The van der Waals surface area contributed by atoms with Crippen molar-refractivity contribution in [3.8, 4) is 11.5 Å². The Morgan fingerprint density at radius 3 is 2.62 bits per heavy atom. The van der Waals surface area contributed by atoms with Gasteiger partial charge in [-0.05, 0) is 43.2 Å². The summed E-state index contributed by atoms with van der Waals surface area (Å²) in [5.74, 6) is 1.36. The Morgan fingerprint density at radius 2 is 1.83 bits per heavy atom. The number of amides is 1. The Kier molecular flexibility index (Phi) is 4.79. The maximum atomic E-state index is 12.1. The molecular formula is C19H19NO4. The fraction of sp³-hybridized carbons (Fsp3) is 0.263. The van der Waals surface area contributed by atoms with Crippen LogP contribution in [0.4, 0.5) is 5.69 Å². The van der Waals surface area contributed by atoms with Gasteiger partial charge in [-0.2, -0.15) is 0 Å². The van der Waals surface area contributed by atoms with Crippen LogP contribution in [0.2, 0.25) is 0 Å². The minimum atomic E-state index is -0.0920. The number of fused-ring (bicyclic) bond motifs is 1. The van der Waals surface area contributed by atoms with E-state index in [-0.39, 0.29) is 11.7 Å². The van der Waals surface area contributed by atoms with Gasteiger partial charge in [0.15, 0.2) is 17.3 Å². The van der Waals surface area contributed by atoms with Crippen LogP contribution in [0.15, 0.2) is 42.5 Å². The molecule has 0 bridgehead atoms. The summed E-state index contributed by atoms with van der Waals surface area (Å²) in [4.78, 5) is 23.5. The Morgan fingerprint density at radius 1 is 1.04 bits per heavy atom. The summed E-state index contributed by atoms with van der Waals surface area (Å²) in [5.41, 5.74) is 2.24. The minimum absolute atomic E-state index is 0.0256. The molecule has 24 heavy (non-hydrogen) atoms. The van der Waals surface area contributed by atoms with E-state index < -0.39 is 0 Å². The van der Waals surface area contributed by atoms with Crippen LogP contribution >= 0.6 is 0 Å². The number of carbonyl (C=O) groups is 2. The van der Waals surface area contributed by atoms with Gasteiger partial charge in [-0.15, -0.1) is 0 Å². The predicted octanol–water partition coefficient (Wildman–Crippen LogP) is 3.23. The molecule has 2 aromatic carbocycles. The van der Waals surface area contributed by atoms with Crippen LogP contribution in [0.5, 0.6) is 11.5 Å². The molecule has 1 N–H and O–H groups in total. The Hall–Kier alpha value is -2.82. The van der Waals surface area contributed by atoms with Crippen molar-refractivity contribution in [3.05, 3.63) is 53.6 Å². The van der Waals surface area contributed by atoms with E-state index in [4.69, 9.17) is 9.47 Å². The lowest BCUT2D eigenvalue weighted by Gasteiger charge is -2.18. The normalized spacial score (nSPS) is 12.5. The highest BCUT2D eigenvalue weighted by atomic mass is 16.6. The Labute approximate surface area is 140 Å². The van der Waals surface area contributed by atoms with Gasteiger partial charge < -0.3 is 14.8 Å². The predicted molar refractivity (Wildman–Crippen MR) is 90.8 cm³/mol. The molecule has 0 atom stereocenters. The summed E-state index contributed by atoms with van der Waals surface area (Å²) in [7, 11) is 0. The molecule has 0 fully saturated rings. The summed E-state index contributed by atoms with van der Waals surface area (Å²) in [5, 5.41) is 2.82. The van der Waals surface area contributed by atoms with Crippen LogP contribution in [0.3, 0.4) is 0 Å². The number of nitrogens with one attached hydrogen (secondary N) is 1. The Bertz CT molecular complexity index is 770. The standard InChI is InChI=1S/C19H19NO4/c1-13(21)15-3-2-4-16(12-15)20-19(22)8-6-14-5-7-17-18(11-14)24-10-9-23-17/h2-5,7,11-12H,6,8-10H2,1H3,(H,20,22). The first-order valence-electron chi connectivity index (χ1n) is 7.91. The maximum absolute atomic E-state index is 12.1. The topological polar surface area (TPSA) is 64.6 Å². The van der Waals surface area contributed by atoms with E-state index in [2.05, 4.69) is 5.32 Å². The number of ketones is 1. The molecular weight excluding hydrogens is 306 g/mol. The number of anilines is 1. The molecule has 1 aliphatic heterocycles. The lowest BCUT2D eigenvalue weighted by atomic mass is 10.1. The molecule has 1 amide bonds. The largest absolute Gasteiger partial charge is 0.486 e. The van der Waals surface area contributed by atoms with Gasteiger partial charge in [0.05, 0.1) is 0 Å². The number of benzene rings is 2. The Balaban J connectivity index is 1.57. The van der Waals surface area contributed by atoms with Crippen molar-refractivity contribution in [2.45, 2.75) is 19.8 Å². The summed E-state index contributed by atoms with van der Waals surface area (Å²) in [6.45, 7) is 2.61. The zero-order chi connectivity index (χ0) is 16.9. The van der Waals surface area contributed by atoms with Crippen LogP contribution < -0.4 is 14.8 Å². The van der Waals surface area contributed by atoms with Gasteiger partial charge in [0.2, 0.25) is 5.91 Å². The SMILES string of the molecule is CC(=O)c1cccc(NC(=O)CCc2ccc3c(c2)OCCO3)c1. The van der Waals surface area contributed by atoms with Crippen molar-refractivity contribution < 1.29 is 19.1 Å². The number of hydrogen-bond donors (Lipinski definition) is 1. The highest BCUT2D eigenvalue weighted by Crippen LogP contribution is 2.31. The van der Waals surface area contributed by atoms with E-state index in [9.17, 15) is 9.59 Å². The maximum Gasteiger partial charge on any atom is 0.224 e. The molecule has 5 nitrogen and oxygen atoms in total. The molecule has 124 valence electrons. The van der Waals surface area contributed by atoms with E-state index in [1.54, 1.807) is 24.3 Å². The minimum Gasteiger partial charge on any atom is -0.486 e. The van der Waals surface area contributed by atoms with Crippen molar-refractivity contribution in [1.82, 2.24) is 0 Å². The molecule has 0 unspecified atom stereocenters. The number of Topliss-reactive ketones (excluding diaryl/α,β-unsaturated/α-hetero) is 1. The van der Waals surface area contributed by atoms with Gasteiger partial charge in [0.1, 0.15) is 13.2 Å². The molecule has 0 radical (unpaired) electrons. The van der Waals surface area contributed by atoms with Crippen LogP contribution in [0.1, 0.15) is 29.3 Å². The number of ether oxygens (including phenoxy) is 2. The van der Waals surface area contributed by atoms with Crippen molar-refractivity contribution >= 4 is 17.4 Å². The van der Waals surface area contributed by atoms with E-state index in [1.165, 1.54) is 6.92 Å². The lowest BCUT2D eigenvalue weighted by Crippen LogP contribution is -2.16. The fourth-order valence-electron chi connectivity index (χ4n) is 2.54. The molecule has 5 heteroatoms. The van der Waals surface area contributed by atoms with Crippen molar-refractivity contribution in [1.29, 1.82) is 0 Å². The second-order valence-electron chi connectivity index (χ2n) is 5.66. The third-order valence-corrected chi connectivity index (χ3v) is 3.80. The summed E-state index contributed by atoms with van der Waals surface area (Å²) in [6.07, 6.45) is 0.957. The first kappa shape index (κ1) is 16.1. The zero-order valence-electron chi connectivity index (χ0n) is 13.5.